The van der Waals surface area contributed by atoms with E-state index < -0.39 is 16.1 Å². The molecule has 1 saturated heterocycles. The average molecular weight is 430 g/mol. The van der Waals surface area contributed by atoms with Crippen molar-refractivity contribution in [2.45, 2.75) is 24.3 Å². The molecule has 0 spiro atoms. The zero-order valence-corrected chi connectivity index (χ0v) is 17.3. The van der Waals surface area contributed by atoms with Gasteiger partial charge >= 0.3 is 0 Å². The van der Waals surface area contributed by atoms with E-state index in [4.69, 9.17) is 9.68 Å². The van der Waals surface area contributed by atoms with E-state index in [9.17, 15) is 18.0 Å². The lowest BCUT2D eigenvalue weighted by molar-refractivity contribution is -0.134. The molecule has 2 amide bonds. The van der Waals surface area contributed by atoms with Gasteiger partial charge in [0.1, 0.15) is 6.04 Å². The second-order valence-electron chi connectivity index (χ2n) is 6.81. The summed E-state index contributed by atoms with van der Waals surface area (Å²) in [6.45, 7) is 3.01. The van der Waals surface area contributed by atoms with Crippen molar-refractivity contribution in [1.82, 2.24) is 14.5 Å². The van der Waals surface area contributed by atoms with E-state index in [1.807, 2.05) is 6.07 Å². The van der Waals surface area contributed by atoms with Gasteiger partial charge in [-0.3, -0.25) is 9.59 Å². The second kappa shape index (κ2) is 9.11. The molecule has 9 nitrogen and oxygen atoms in total. The number of nitriles is 1. The number of amides is 2. The van der Waals surface area contributed by atoms with Crippen molar-refractivity contribution in [2.24, 2.45) is 0 Å². The highest BCUT2D eigenvalue weighted by molar-refractivity contribution is 7.89. The topological polar surface area (TPSA) is 124 Å². The first kappa shape index (κ1) is 21.5. The van der Waals surface area contributed by atoms with Crippen LogP contribution in [0.2, 0.25) is 0 Å². The summed E-state index contributed by atoms with van der Waals surface area (Å²) in [5.74, 6) is -0.322. The molecule has 0 aliphatic carbocycles. The predicted octanol–water partition coefficient (Wildman–Crippen LogP) is 1.19. The fraction of sp³-hybridized carbons (Fsp3) is 0.350. The maximum Gasteiger partial charge on any atom is 0.289 e. The predicted molar refractivity (Wildman–Crippen MR) is 107 cm³/mol. The highest BCUT2D eigenvalue weighted by Gasteiger charge is 2.31. The summed E-state index contributed by atoms with van der Waals surface area (Å²) < 4.78 is 32.8. The Morgan fingerprint density at radius 2 is 1.77 bits per heavy atom. The number of hydrogen-bond acceptors (Lipinski definition) is 6. The van der Waals surface area contributed by atoms with Crippen LogP contribution in [0.4, 0.5) is 0 Å². The van der Waals surface area contributed by atoms with Gasteiger partial charge in [-0.1, -0.05) is 6.92 Å². The summed E-state index contributed by atoms with van der Waals surface area (Å²) in [5.41, 5.74) is 0.346. The van der Waals surface area contributed by atoms with Gasteiger partial charge in [-0.2, -0.15) is 9.98 Å². The Hall–Kier alpha value is -3.16. The molecule has 1 aromatic carbocycles. The van der Waals surface area contributed by atoms with Crippen molar-refractivity contribution in [3.8, 4) is 6.07 Å². The largest absolute Gasteiger partial charge is 0.459 e. The third kappa shape index (κ3) is 4.69. The van der Waals surface area contributed by atoms with Gasteiger partial charge in [0.2, 0.25) is 15.9 Å². The fourth-order valence-electron chi connectivity index (χ4n) is 3.18. The molecule has 158 valence electrons. The van der Waals surface area contributed by atoms with Gasteiger partial charge in [0.25, 0.3) is 5.91 Å². The van der Waals surface area contributed by atoms with E-state index in [0.29, 0.717) is 31.7 Å². The maximum absolute atomic E-state index is 12.9. The van der Waals surface area contributed by atoms with Crippen molar-refractivity contribution in [3.63, 3.8) is 0 Å². The Labute approximate surface area is 174 Å². The van der Waals surface area contributed by atoms with Crippen LogP contribution in [0.1, 0.15) is 29.5 Å². The number of nitrogens with one attached hydrogen (secondary N) is 1. The number of sulfonamides is 1. The van der Waals surface area contributed by atoms with Crippen molar-refractivity contribution >= 4 is 21.8 Å². The minimum Gasteiger partial charge on any atom is -0.459 e. The first-order valence-corrected chi connectivity index (χ1v) is 11.0. The SMILES string of the molecule is CC[C@H](NS(=O)(=O)c1ccc(C#N)cc1)C(=O)N1CCN(C(=O)c2ccco2)CC1. The molecule has 2 aromatic rings. The number of rotatable bonds is 6. The molecule has 0 saturated carbocycles. The van der Waals surface area contributed by atoms with Gasteiger partial charge in [0.05, 0.1) is 22.8 Å². The van der Waals surface area contributed by atoms with Gasteiger partial charge in [-0.05, 0) is 42.8 Å². The molecule has 10 heteroatoms. The van der Waals surface area contributed by atoms with E-state index in [1.165, 1.54) is 30.5 Å². The molecule has 1 aromatic heterocycles. The molecule has 30 heavy (non-hydrogen) atoms. The Morgan fingerprint density at radius 1 is 1.13 bits per heavy atom. The molecule has 0 unspecified atom stereocenters. The maximum atomic E-state index is 12.9. The second-order valence-corrected chi connectivity index (χ2v) is 8.53. The lowest BCUT2D eigenvalue weighted by atomic mass is 10.2. The quantitative estimate of drug-likeness (QED) is 0.734. The molecule has 1 aliphatic rings. The van der Waals surface area contributed by atoms with Crippen LogP contribution in [0, 0.1) is 11.3 Å². The molecule has 1 atom stereocenters. The van der Waals surface area contributed by atoms with Gasteiger partial charge in [0.15, 0.2) is 5.76 Å². The summed E-state index contributed by atoms with van der Waals surface area (Å²) in [6.07, 6.45) is 1.71. The molecule has 3 rings (SSSR count). The van der Waals surface area contributed by atoms with Gasteiger partial charge in [-0.15, -0.1) is 0 Å². The molecule has 1 aliphatic heterocycles. The molecule has 2 heterocycles. The third-order valence-corrected chi connectivity index (χ3v) is 6.40. The van der Waals surface area contributed by atoms with Crippen LogP contribution in [0.25, 0.3) is 0 Å². The standard InChI is InChI=1S/C20H22N4O5S/c1-2-17(22-30(27,28)16-7-5-15(14-21)6-8-16)19(25)23-9-11-24(12-10-23)20(26)18-4-3-13-29-18/h3-8,13,17,22H,2,9-12H2,1H3/t17-/m0/s1. The van der Waals surface area contributed by atoms with Crippen LogP contribution >= 0.6 is 0 Å². The Kier molecular flexibility index (Phi) is 6.54. The van der Waals surface area contributed by atoms with Gasteiger partial charge in [-0.25, -0.2) is 8.42 Å². The summed E-state index contributed by atoms with van der Waals surface area (Å²) in [7, 11) is -3.92. The molecule has 1 fully saturated rings. The number of nitrogens with zero attached hydrogens (tertiary/aromatic N) is 3. The minimum absolute atomic E-state index is 0.0124. The Morgan fingerprint density at radius 3 is 2.30 bits per heavy atom. The number of benzene rings is 1. The van der Waals surface area contributed by atoms with E-state index in [1.54, 1.807) is 28.9 Å². The van der Waals surface area contributed by atoms with Crippen LogP contribution in [-0.2, 0) is 14.8 Å². The van der Waals surface area contributed by atoms with Gasteiger partial charge in [0, 0.05) is 26.2 Å². The monoisotopic (exact) mass is 430 g/mol. The average Bonchev–Trinajstić information content (AvgIpc) is 3.31. The summed E-state index contributed by atoms with van der Waals surface area (Å²) in [6, 6.07) is 9.72. The van der Waals surface area contributed by atoms with E-state index in [0.717, 1.165) is 0 Å². The van der Waals surface area contributed by atoms with Crippen molar-refractivity contribution < 1.29 is 22.4 Å². The lowest BCUT2D eigenvalue weighted by Crippen LogP contribution is -2.55. The first-order chi connectivity index (χ1) is 14.4. The molecular weight excluding hydrogens is 408 g/mol. The molecule has 0 bridgehead atoms. The third-order valence-electron chi connectivity index (χ3n) is 4.91. The van der Waals surface area contributed by atoms with Crippen LogP contribution in [0.5, 0.6) is 0 Å². The van der Waals surface area contributed by atoms with Crippen molar-refractivity contribution in [3.05, 3.63) is 54.0 Å². The highest BCUT2D eigenvalue weighted by atomic mass is 32.2. The zero-order valence-electron chi connectivity index (χ0n) is 16.4. The van der Waals surface area contributed by atoms with Crippen LogP contribution < -0.4 is 4.72 Å². The normalized spacial score (nSPS) is 15.5. The molecule has 1 N–H and O–H groups in total. The molecular formula is C20H22N4O5S. The number of piperazine rings is 1. The van der Waals surface area contributed by atoms with Crippen LogP contribution in [0.15, 0.2) is 52.0 Å². The number of carbonyl (C=O) groups excluding carboxylic acids is 2. The van der Waals surface area contributed by atoms with Gasteiger partial charge < -0.3 is 14.2 Å². The molecule has 0 radical (unpaired) electrons. The summed E-state index contributed by atoms with van der Waals surface area (Å²) in [4.78, 5) is 28.4. The fourth-order valence-corrected chi connectivity index (χ4v) is 4.45. The minimum atomic E-state index is -3.92. The number of furan rings is 1. The van der Waals surface area contributed by atoms with E-state index >= 15 is 0 Å². The smallest absolute Gasteiger partial charge is 0.289 e. The lowest BCUT2D eigenvalue weighted by Gasteiger charge is -2.36. The van der Waals surface area contributed by atoms with E-state index in [-0.39, 0.29) is 28.9 Å². The Balaban J connectivity index is 1.62. The van der Waals surface area contributed by atoms with Crippen LogP contribution in [-0.4, -0.2) is 62.3 Å². The zero-order chi connectivity index (χ0) is 21.7. The first-order valence-electron chi connectivity index (χ1n) is 9.49. The Bertz CT molecular complexity index is 1030. The van der Waals surface area contributed by atoms with Crippen molar-refractivity contribution in [2.75, 3.05) is 26.2 Å². The van der Waals surface area contributed by atoms with Crippen molar-refractivity contribution in [1.29, 1.82) is 5.26 Å². The highest BCUT2D eigenvalue weighted by Crippen LogP contribution is 2.14. The number of carbonyl (C=O) groups is 2. The number of hydrogen-bond donors (Lipinski definition) is 1. The van der Waals surface area contributed by atoms with E-state index in [2.05, 4.69) is 4.72 Å². The summed E-state index contributed by atoms with van der Waals surface area (Å²) >= 11 is 0. The van der Waals surface area contributed by atoms with Crippen LogP contribution in [0.3, 0.4) is 0 Å². The summed E-state index contributed by atoms with van der Waals surface area (Å²) in [5, 5.41) is 8.84.